The predicted molar refractivity (Wildman–Crippen MR) is 119 cm³/mol. The zero-order valence-electron chi connectivity index (χ0n) is 16.5. The monoisotopic (exact) mass is 388 g/mol. The van der Waals surface area contributed by atoms with Gasteiger partial charge in [-0.1, -0.05) is 97.9 Å². The molecule has 2 nitrogen and oxygen atoms in total. The van der Waals surface area contributed by atoms with E-state index >= 15 is 0 Å². The van der Waals surface area contributed by atoms with E-state index in [4.69, 9.17) is 4.43 Å². The lowest BCUT2D eigenvalue weighted by atomic mass is 10.1. The van der Waals surface area contributed by atoms with Gasteiger partial charge >= 0.3 is 0 Å². The Labute approximate surface area is 169 Å². The third-order valence-electron chi connectivity index (χ3n) is 4.99. The van der Waals surface area contributed by atoms with Crippen molar-refractivity contribution in [2.24, 2.45) is 0 Å². The minimum atomic E-state index is -2.63. The Morgan fingerprint density at radius 1 is 0.714 bits per heavy atom. The lowest BCUT2D eigenvalue weighted by Gasteiger charge is -2.33. The molecule has 0 N–H and O–H groups in total. The van der Waals surface area contributed by atoms with E-state index in [0.717, 1.165) is 12.8 Å². The van der Waals surface area contributed by atoms with Crippen LogP contribution in [-0.2, 0) is 9.22 Å². The van der Waals surface area contributed by atoms with E-state index in [9.17, 15) is 4.79 Å². The molecule has 0 aliphatic rings. The van der Waals surface area contributed by atoms with Crippen LogP contribution >= 0.6 is 0 Å². The first-order valence-corrected chi connectivity index (χ1v) is 12.0. The van der Waals surface area contributed by atoms with Gasteiger partial charge in [0.05, 0.1) is 0 Å². The normalized spacial score (nSPS) is 11.3. The van der Waals surface area contributed by atoms with Crippen LogP contribution < -0.4 is 15.6 Å². The zero-order valence-corrected chi connectivity index (χ0v) is 17.5. The number of rotatable bonds is 10. The fraction of sp³-hybridized carbons (Fsp3) is 0.240. The van der Waals surface area contributed by atoms with E-state index in [1.165, 1.54) is 15.6 Å². The minimum absolute atomic E-state index is 0.331. The number of carbonyl (C=O) groups excluding carboxylic acids is 1. The van der Waals surface area contributed by atoms with Gasteiger partial charge in [-0.3, -0.25) is 4.79 Å². The molecule has 3 aromatic carbocycles. The highest BCUT2D eigenvalue weighted by atomic mass is 28.4. The molecule has 0 saturated carbocycles. The number of Topliss-reactive ketones (excluding diaryl/α,β-unsaturated/α-hetero) is 1. The van der Waals surface area contributed by atoms with E-state index in [2.05, 4.69) is 72.8 Å². The molecule has 0 aliphatic heterocycles. The van der Waals surface area contributed by atoms with Crippen molar-refractivity contribution in [2.75, 3.05) is 6.61 Å². The molecule has 0 radical (unpaired) electrons. The Kier molecular flexibility index (Phi) is 7.35. The van der Waals surface area contributed by atoms with Gasteiger partial charge in [-0.05, 0) is 28.4 Å². The van der Waals surface area contributed by atoms with Gasteiger partial charge in [0, 0.05) is 19.4 Å². The maximum absolute atomic E-state index is 11.9. The van der Waals surface area contributed by atoms with Crippen LogP contribution in [0.5, 0.6) is 0 Å². The van der Waals surface area contributed by atoms with E-state index in [1.54, 1.807) is 0 Å². The third-order valence-corrected chi connectivity index (χ3v) is 9.06. The topological polar surface area (TPSA) is 26.3 Å². The Balaban J connectivity index is 1.98. The first-order chi connectivity index (χ1) is 13.8. The minimum Gasteiger partial charge on any atom is -0.404 e. The molecule has 0 aromatic heterocycles. The van der Waals surface area contributed by atoms with Crippen LogP contribution in [0.25, 0.3) is 0 Å². The molecular formula is C25H28O2Si. The quantitative estimate of drug-likeness (QED) is 0.300. The number of ketones is 1. The van der Waals surface area contributed by atoms with Crippen LogP contribution in [0.4, 0.5) is 0 Å². The van der Waals surface area contributed by atoms with Crippen molar-refractivity contribution < 1.29 is 9.22 Å². The maximum atomic E-state index is 11.9. The highest BCUT2D eigenvalue weighted by molar-refractivity contribution is 7.07. The summed E-state index contributed by atoms with van der Waals surface area (Å²) in [5.41, 5.74) is 0. The summed E-state index contributed by atoms with van der Waals surface area (Å²) in [6.45, 7) is 2.63. The van der Waals surface area contributed by atoms with Gasteiger partial charge < -0.3 is 4.43 Å². The van der Waals surface area contributed by atoms with Crippen molar-refractivity contribution in [1.82, 2.24) is 0 Å². The highest BCUT2D eigenvalue weighted by Gasteiger charge is 2.41. The maximum Gasteiger partial charge on any atom is 0.288 e. The molecule has 0 heterocycles. The van der Waals surface area contributed by atoms with Crippen LogP contribution in [0.2, 0.25) is 0 Å². The molecule has 0 fully saturated rings. The number of benzene rings is 3. The first-order valence-electron chi connectivity index (χ1n) is 10.1. The summed E-state index contributed by atoms with van der Waals surface area (Å²) in [5, 5.41) is 3.69. The molecule has 0 atom stereocenters. The molecule has 144 valence electrons. The number of carbonyl (C=O) groups is 1. The molecule has 0 aliphatic carbocycles. The van der Waals surface area contributed by atoms with Crippen LogP contribution in [0.15, 0.2) is 91.0 Å². The number of hydrogen-bond donors (Lipinski definition) is 0. The van der Waals surface area contributed by atoms with E-state index in [1.807, 2.05) is 25.1 Å². The van der Waals surface area contributed by atoms with Crippen molar-refractivity contribution in [2.45, 2.75) is 32.6 Å². The smallest absolute Gasteiger partial charge is 0.288 e. The standard InChI is InChI=1S/C25H28O2Si/c1-2-13-22(26)14-12-21-27-28(23-15-6-3-7-16-23,24-17-8-4-9-18-24)25-19-10-5-11-20-25/h3-11,15-20H,2,12-14,21H2,1H3. The Morgan fingerprint density at radius 3 is 1.54 bits per heavy atom. The average molecular weight is 389 g/mol. The number of hydrogen-bond acceptors (Lipinski definition) is 2. The molecule has 0 bridgehead atoms. The van der Waals surface area contributed by atoms with Gasteiger partial charge in [-0.15, -0.1) is 0 Å². The zero-order chi connectivity index (χ0) is 19.7. The largest absolute Gasteiger partial charge is 0.404 e. The molecule has 3 heteroatoms. The lowest BCUT2D eigenvalue weighted by Crippen LogP contribution is -2.69. The van der Waals surface area contributed by atoms with Gasteiger partial charge in [-0.25, -0.2) is 0 Å². The summed E-state index contributed by atoms with van der Waals surface area (Å²) in [6, 6.07) is 31.7. The summed E-state index contributed by atoms with van der Waals surface area (Å²) in [5.74, 6) is 0.331. The summed E-state index contributed by atoms with van der Waals surface area (Å²) in [7, 11) is -2.63. The van der Waals surface area contributed by atoms with Crippen molar-refractivity contribution in [3.8, 4) is 0 Å². The van der Waals surface area contributed by atoms with Gasteiger partial charge in [0.2, 0.25) is 0 Å². The van der Waals surface area contributed by atoms with Crippen molar-refractivity contribution in [3.63, 3.8) is 0 Å². The fourth-order valence-corrected chi connectivity index (χ4v) is 7.60. The first kappa shape index (κ1) is 20.2. The van der Waals surface area contributed by atoms with Crippen LogP contribution in [0, 0.1) is 0 Å². The SMILES string of the molecule is CCCC(=O)CCCO[Si](c1ccccc1)(c1ccccc1)c1ccccc1. The average Bonchev–Trinajstić information content (AvgIpc) is 2.76. The summed E-state index contributed by atoms with van der Waals surface area (Å²) in [4.78, 5) is 11.9. The highest BCUT2D eigenvalue weighted by Crippen LogP contribution is 2.11. The predicted octanol–water partition coefficient (Wildman–Crippen LogP) is 3.82. The van der Waals surface area contributed by atoms with Gasteiger partial charge in [-0.2, -0.15) is 0 Å². The lowest BCUT2D eigenvalue weighted by molar-refractivity contribution is -0.119. The van der Waals surface area contributed by atoms with Crippen molar-refractivity contribution in [1.29, 1.82) is 0 Å². The Bertz CT molecular complexity index is 751. The van der Waals surface area contributed by atoms with Gasteiger partial charge in [0.15, 0.2) is 0 Å². The van der Waals surface area contributed by atoms with Gasteiger partial charge in [0.25, 0.3) is 8.32 Å². The van der Waals surface area contributed by atoms with Crippen molar-refractivity contribution >= 4 is 29.7 Å². The second kappa shape index (κ2) is 10.2. The van der Waals surface area contributed by atoms with Gasteiger partial charge in [0.1, 0.15) is 5.78 Å². The second-order valence-corrected chi connectivity index (χ2v) is 10.4. The fourth-order valence-electron chi connectivity index (χ4n) is 3.67. The summed E-state index contributed by atoms with van der Waals surface area (Å²) >= 11 is 0. The van der Waals surface area contributed by atoms with E-state index in [0.29, 0.717) is 25.2 Å². The second-order valence-electron chi connectivity index (χ2n) is 7.02. The molecular weight excluding hydrogens is 360 g/mol. The molecule has 28 heavy (non-hydrogen) atoms. The van der Waals surface area contributed by atoms with Crippen LogP contribution in [0.3, 0.4) is 0 Å². The Morgan fingerprint density at radius 2 is 1.14 bits per heavy atom. The van der Waals surface area contributed by atoms with Crippen molar-refractivity contribution in [3.05, 3.63) is 91.0 Å². The molecule has 3 aromatic rings. The van der Waals surface area contributed by atoms with Crippen LogP contribution in [-0.4, -0.2) is 20.7 Å². The molecule has 3 rings (SSSR count). The van der Waals surface area contributed by atoms with Crippen LogP contribution in [0.1, 0.15) is 32.6 Å². The summed E-state index contributed by atoms with van der Waals surface area (Å²) in [6.07, 6.45) is 2.94. The summed E-state index contributed by atoms with van der Waals surface area (Å²) < 4.78 is 6.80. The molecule has 0 unspecified atom stereocenters. The third kappa shape index (κ3) is 4.67. The molecule has 0 spiro atoms. The molecule has 0 amide bonds. The molecule has 0 saturated heterocycles. The Hall–Kier alpha value is -2.49. The van der Waals surface area contributed by atoms with E-state index in [-0.39, 0.29) is 0 Å². The van der Waals surface area contributed by atoms with E-state index < -0.39 is 8.32 Å².